The predicted octanol–water partition coefficient (Wildman–Crippen LogP) is 3.93. The van der Waals surface area contributed by atoms with Gasteiger partial charge >= 0.3 is 0 Å². The number of carbonyl (C=O) groups is 1. The molecule has 0 spiro atoms. The molecule has 0 radical (unpaired) electrons. The Morgan fingerprint density at radius 3 is 2.70 bits per heavy atom. The molecule has 1 aliphatic heterocycles. The number of rotatable bonds is 6. The van der Waals surface area contributed by atoms with E-state index in [4.69, 9.17) is 4.84 Å². The molecule has 140 valence electrons. The first-order valence-corrected chi connectivity index (χ1v) is 8.31. The summed E-state index contributed by atoms with van der Waals surface area (Å²) in [6.45, 7) is 4.02. The van der Waals surface area contributed by atoms with Gasteiger partial charge in [-0.25, -0.2) is 13.2 Å². The van der Waals surface area contributed by atoms with Gasteiger partial charge in [0.15, 0.2) is 6.10 Å². The number of benzene rings is 2. The third-order valence-electron chi connectivity index (χ3n) is 4.11. The molecule has 0 saturated heterocycles. The van der Waals surface area contributed by atoms with Crippen LogP contribution in [0.25, 0.3) is 0 Å². The van der Waals surface area contributed by atoms with E-state index in [1.54, 1.807) is 6.08 Å². The summed E-state index contributed by atoms with van der Waals surface area (Å²) in [6.07, 6.45) is 1.31. The van der Waals surface area contributed by atoms with Gasteiger partial charge in [-0.15, -0.1) is 6.58 Å². The number of hydrogen-bond donors (Lipinski definition) is 0. The van der Waals surface area contributed by atoms with Gasteiger partial charge in [0.2, 0.25) is 0 Å². The Hall–Kier alpha value is -3.09. The molecule has 2 aromatic carbocycles. The second-order valence-electron chi connectivity index (χ2n) is 6.10. The smallest absolute Gasteiger partial charge is 0.254 e. The molecule has 4 nitrogen and oxygen atoms in total. The topological polar surface area (TPSA) is 41.9 Å². The van der Waals surface area contributed by atoms with Crippen molar-refractivity contribution in [3.63, 3.8) is 0 Å². The lowest BCUT2D eigenvalue weighted by Gasteiger charge is -2.23. The maximum absolute atomic E-state index is 13.9. The average Bonchev–Trinajstić information content (AvgIpc) is 3.09. The maximum Gasteiger partial charge on any atom is 0.254 e. The molecule has 0 aliphatic carbocycles. The predicted molar refractivity (Wildman–Crippen MR) is 94.9 cm³/mol. The molecule has 27 heavy (non-hydrogen) atoms. The van der Waals surface area contributed by atoms with Crippen LogP contribution < -0.4 is 0 Å². The van der Waals surface area contributed by atoms with Gasteiger partial charge in [0.05, 0.1) is 12.3 Å². The van der Waals surface area contributed by atoms with E-state index in [1.807, 2.05) is 0 Å². The molecule has 1 aliphatic rings. The fourth-order valence-corrected chi connectivity index (χ4v) is 2.85. The summed E-state index contributed by atoms with van der Waals surface area (Å²) in [5.74, 6) is -2.28. The van der Waals surface area contributed by atoms with Crippen LogP contribution in [0.3, 0.4) is 0 Å². The lowest BCUT2D eigenvalue weighted by Crippen LogP contribution is -2.38. The highest BCUT2D eigenvalue weighted by atomic mass is 19.1. The lowest BCUT2D eigenvalue weighted by molar-refractivity contribution is 0.0449. The van der Waals surface area contributed by atoms with Gasteiger partial charge in [0.1, 0.15) is 17.5 Å². The van der Waals surface area contributed by atoms with Crippen LogP contribution in [0, 0.1) is 17.5 Å². The number of carbonyl (C=O) groups excluding carboxylic acids is 1. The molecule has 7 heteroatoms. The fourth-order valence-electron chi connectivity index (χ4n) is 2.85. The zero-order chi connectivity index (χ0) is 19.4. The van der Waals surface area contributed by atoms with E-state index in [1.165, 1.54) is 29.2 Å². The average molecular weight is 374 g/mol. The fraction of sp³-hybridized carbons (Fsp3) is 0.200. The number of oxime groups is 1. The van der Waals surface area contributed by atoms with Crippen molar-refractivity contribution >= 4 is 11.6 Å². The summed E-state index contributed by atoms with van der Waals surface area (Å²) in [5, 5.41) is 3.87. The summed E-state index contributed by atoms with van der Waals surface area (Å²) < 4.78 is 40.4. The van der Waals surface area contributed by atoms with Crippen LogP contribution >= 0.6 is 0 Å². The zero-order valence-corrected chi connectivity index (χ0v) is 14.4. The second kappa shape index (κ2) is 8.07. The minimum absolute atomic E-state index is 0.158. The first kappa shape index (κ1) is 18.7. The quantitative estimate of drug-likeness (QED) is 0.719. The van der Waals surface area contributed by atoms with Crippen molar-refractivity contribution in [3.05, 3.63) is 83.7 Å². The molecule has 1 amide bonds. The van der Waals surface area contributed by atoms with Gasteiger partial charge in [0.25, 0.3) is 5.91 Å². The van der Waals surface area contributed by atoms with Crippen molar-refractivity contribution in [1.82, 2.24) is 4.90 Å². The minimum atomic E-state index is -0.725. The summed E-state index contributed by atoms with van der Waals surface area (Å²) in [6, 6.07) is 8.62. The molecule has 0 bridgehead atoms. The van der Waals surface area contributed by atoms with Crippen LogP contribution in [0.5, 0.6) is 0 Å². The summed E-state index contributed by atoms with van der Waals surface area (Å²) >= 11 is 0. The van der Waals surface area contributed by atoms with E-state index in [2.05, 4.69) is 11.7 Å². The van der Waals surface area contributed by atoms with Crippen molar-refractivity contribution in [3.8, 4) is 0 Å². The van der Waals surface area contributed by atoms with Gasteiger partial charge in [-0.05, 0) is 30.3 Å². The highest BCUT2D eigenvalue weighted by Gasteiger charge is 2.28. The van der Waals surface area contributed by atoms with Gasteiger partial charge in [-0.1, -0.05) is 17.3 Å². The summed E-state index contributed by atoms with van der Waals surface area (Å²) in [5.41, 5.74) is 0.709. The van der Waals surface area contributed by atoms with Gasteiger partial charge in [-0.2, -0.15) is 0 Å². The van der Waals surface area contributed by atoms with Crippen molar-refractivity contribution in [2.45, 2.75) is 12.5 Å². The Morgan fingerprint density at radius 1 is 1.22 bits per heavy atom. The maximum atomic E-state index is 13.9. The number of hydrogen-bond acceptors (Lipinski definition) is 3. The van der Waals surface area contributed by atoms with Crippen molar-refractivity contribution < 1.29 is 22.8 Å². The monoisotopic (exact) mass is 374 g/mol. The molecular weight excluding hydrogens is 357 g/mol. The highest BCUT2D eigenvalue weighted by Crippen LogP contribution is 2.21. The molecule has 0 N–H and O–H groups in total. The van der Waals surface area contributed by atoms with E-state index >= 15 is 0 Å². The Balaban J connectivity index is 1.69. The van der Waals surface area contributed by atoms with Crippen LogP contribution in [0.2, 0.25) is 0 Å². The molecule has 1 heterocycles. The van der Waals surface area contributed by atoms with E-state index in [0.29, 0.717) is 5.71 Å². The normalized spacial score (nSPS) is 15.8. The third kappa shape index (κ3) is 4.36. The number of halogens is 3. The minimum Gasteiger partial charge on any atom is -0.390 e. The molecule has 0 fully saturated rings. The van der Waals surface area contributed by atoms with Gasteiger partial charge < -0.3 is 9.74 Å². The Bertz CT molecular complexity index is 899. The van der Waals surface area contributed by atoms with Crippen molar-refractivity contribution in [2.24, 2.45) is 5.16 Å². The van der Waals surface area contributed by atoms with Crippen LogP contribution in [0.15, 0.2) is 60.3 Å². The zero-order valence-electron chi connectivity index (χ0n) is 14.4. The van der Waals surface area contributed by atoms with Gasteiger partial charge in [-0.3, -0.25) is 4.79 Å². The molecule has 0 saturated carbocycles. The number of nitrogens with zero attached hydrogens (tertiary/aromatic N) is 2. The van der Waals surface area contributed by atoms with E-state index in [0.717, 1.165) is 18.2 Å². The first-order valence-electron chi connectivity index (χ1n) is 8.31. The van der Waals surface area contributed by atoms with Gasteiger partial charge in [0, 0.05) is 30.2 Å². The highest BCUT2D eigenvalue weighted by molar-refractivity contribution is 6.01. The first-order chi connectivity index (χ1) is 13.0. The van der Waals surface area contributed by atoms with Crippen LogP contribution in [-0.2, 0) is 4.84 Å². The largest absolute Gasteiger partial charge is 0.390 e. The summed E-state index contributed by atoms with van der Waals surface area (Å²) in [4.78, 5) is 19.4. The summed E-state index contributed by atoms with van der Waals surface area (Å²) in [7, 11) is 0. The van der Waals surface area contributed by atoms with Crippen LogP contribution in [0.4, 0.5) is 13.2 Å². The standard InChI is InChI=1S/C20H17F3N2O2/c1-2-8-25(20(26)13-4-3-5-14(21)9-13)12-16-11-19(24-27-16)17-7-6-15(22)10-18(17)23/h2-7,9-10,16H,1,8,11-12H2/t16-/m0/s1. The molecule has 2 aromatic rings. The molecule has 3 rings (SSSR count). The van der Waals surface area contributed by atoms with E-state index < -0.39 is 23.6 Å². The Morgan fingerprint density at radius 2 is 2.00 bits per heavy atom. The SMILES string of the molecule is C=CCN(C[C@@H]1CC(c2ccc(F)cc2F)=NO1)C(=O)c1cccc(F)c1. The van der Waals surface area contributed by atoms with Crippen molar-refractivity contribution in [2.75, 3.05) is 13.1 Å². The Kier molecular flexibility index (Phi) is 5.59. The molecule has 0 unspecified atom stereocenters. The second-order valence-corrected chi connectivity index (χ2v) is 6.10. The molecule has 1 atom stereocenters. The Labute approximate surface area is 154 Å². The van der Waals surface area contributed by atoms with Crippen molar-refractivity contribution in [1.29, 1.82) is 0 Å². The van der Waals surface area contributed by atoms with Crippen LogP contribution in [-0.4, -0.2) is 35.7 Å². The van der Waals surface area contributed by atoms with E-state index in [-0.39, 0.29) is 36.5 Å². The molecule has 0 aromatic heterocycles. The number of amides is 1. The van der Waals surface area contributed by atoms with Crippen LogP contribution in [0.1, 0.15) is 22.3 Å². The lowest BCUT2D eigenvalue weighted by atomic mass is 10.0. The van der Waals surface area contributed by atoms with E-state index in [9.17, 15) is 18.0 Å². The molecular formula is C20H17F3N2O2. The third-order valence-corrected chi connectivity index (χ3v) is 4.11.